The van der Waals surface area contributed by atoms with Gasteiger partial charge in [-0.3, -0.25) is 9.48 Å². The van der Waals surface area contributed by atoms with Gasteiger partial charge in [0.2, 0.25) is 0 Å². The summed E-state index contributed by atoms with van der Waals surface area (Å²) in [5, 5.41) is 7.60. The molecule has 1 aliphatic rings. The summed E-state index contributed by atoms with van der Waals surface area (Å²) < 4.78 is 12.7. The topological polar surface area (TPSA) is 81.2 Å². The van der Waals surface area contributed by atoms with Gasteiger partial charge >= 0.3 is 0 Å². The van der Waals surface area contributed by atoms with Crippen LogP contribution in [0.15, 0.2) is 36.7 Å². The molecule has 152 valence electrons. The summed E-state index contributed by atoms with van der Waals surface area (Å²) in [6, 6.07) is 7.36. The Balaban J connectivity index is 1.49. The number of aromatic amines is 1. The van der Waals surface area contributed by atoms with Gasteiger partial charge in [0.05, 0.1) is 17.9 Å². The zero-order chi connectivity index (χ0) is 20.2. The van der Waals surface area contributed by atoms with Gasteiger partial charge in [-0.15, -0.1) is 0 Å². The first kappa shape index (κ1) is 19.3. The third kappa shape index (κ3) is 4.19. The minimum absolute atomic E-state index is 0.147. The minimum atomic E-state index is -0.147. The first-order valence-corrected chi connectivity index (χ1v) is 10.0. The molecule has 7 heteroatoms. The Morgan fingerprint density at radius 1 is 1.24 bits per heavy atom. The lowest BCUT2D eigenvalue weighted by atomic mass is 10.0. The van der Waals surface area contributed by atoms with E-state index >= 15 is 0 Å². The van der Waals surface area contributed by atoms with Crippen LogP contribution in [0.5, 0.6) is 5.75 Å². The summed E-state index contributed by atoms with van der Waals surface area (Å²) in [7, 11) is 1.92. The van der Waals surface area contributed by atoms with Gasteiger partial charge in [-0.2, -0.15) is 5.10 Å². The number of fused-ring (bicyclic) bond motifs is 3. The SMILES string of the molecule is CCOCCOc1ccc(NC(=O)c2c[nH]c3c2-c2nn(C)cc2CCC3)cc1. The molecular weight excluding hydrogens is 368 g/mol. The van der Waals surface area contributed by atoms with E-state index in [1.54, 1.807) is 6.20 Å². The lowest BCUT2D eigenvalue weighted by Gasteiger charge is -2.09. The summed E-state index contributed by atoms with van der Waals surface area (Å²) >= 11 is 0. The number of amides is 1. The molecule has 0 saturated heterocycles. The molecule has 0 fully saturated rings. The highest BCUT2D eigenvalue weighted by molar-refractivity contribution is 6.09. The Morgan fingerprint density at radius 2 is 2.07 bits per heavy atom. The highest BCUT2D eigenvalue weighted by Gasteiger charge is 2.25. The fourth-order valence-electron chi connectivity index (χ4n) is 3.70. The molecule has 0 spiro atoms. The summed E-state index contributed by atoms with van der Waals surface area (Å²) in [4.78, 5) is 16.3. The maximum atomic E-state index is 13.0. The first-order valence-electron chi connectivity index (χ1n) is 10.0. The van der Waals surface area contributed by atoms with E-state index in [0.717, 1.165) is 47.7 Å². The van der Waals surface area contributed by atoms with Gasteiger partial charge in [0.15, 0.2) is 0 Å². The summed E-state index contributed by atoms with van der Waals surface area (Å²) in [6.07, 6.45) is 6.75. The van der Waals surface area contributed by atoms with E-state index in [2.05, 4.69) is 15.4 Å². The number of aromatic nitrogens is 3. The largest absolute Gasteiger partial charge is 0.491 e. The van der Waals surface area contributed by atoms with E-state index in [4.69, 9.17) is 9.47 Å². The van der Waals surface area contributed by atoms with Crippen molar-refractivity contribution in [1.82, 2.24) is 14.8 Å². The fraction of sp³-hybridized carbons (Fsp3) is 0.364. The highest BCUT2D eigenvalue weighted by atomic mass is 16.5. The maximum absolute atomic E-state index is 13.0. The molecule has 2 N–H and O–H groups in total. The van der Waals surface area contributed by atoms with E-state index in [1.165, 1.54) is 5.56 Å². The van der Waals surface area contributed by atoms with E-state index in [9.17, 15) is 4.79 Å². The number of anilines is 1. The number of hydrogen-bond acceptors (Lipinski definition) is 4. The van der Waals surface area contributed by atoms with Crippen molar-refractivity contribution < 1.29 is 14.3 Å². The standard InChI is InChI=1S/C22H26N4O3/c1-3-28-11-12-29-17-9-7-16(8-10-17)24-22(27)18-13-23-19-6-4-5-15-14-26(2)25-21(15)20(18)19/h7-10,13-14,23H,3-6,11-12H2,1-2H3,(H,24,27). The van der Waals surface area contributed by atoms with Crippen LogP contribution >= 0.6 is 0 Å². The van der Waals surface area contributed by atoms with Gasteiger partial charge < -0.3 is 19.8 Å². The van der Waals surface area contributed by atoms with Crippen LogP contribution in [0.25, 0.3) is 11.3 Å². The molecule has 1 aliphatic carbocycles. The van der Waals surface area contributed by atoms with Crippen molar-refractivity contribution in [3.8, 4) is 17.0 Å². The predicted octanol–water partition coefficient (Wildman–Crippen LogP) is 3.57. The normalized spacial score (nSPS) is 12.8. The Kier molecular flexibility index (Phi) is 5.67. The van der Waals surface area contributed by atoms with Crippen molar-refractivity contribution in [2.45, 2.75) is 26.2 Å². The van der Waals surface area contributed by atoms with Crippen LogP contribution in [0.1, 0.15) is 35.0 Å². The number of H-pyrrole nitrogens is 1. The molecule has 29 heavy (non-hydrogen) atoms. The Bertz CT molecular complexity index is 988. The molecule has 3 aromatic rings. The number of aryl methyl sites for hydroxylation is 3. The number of rotatable bonds is 7. The quantitative estimate of drug-likeness (QED) is 0.600. The average molecular weight is 394 g/mol. The second-order valence-electron chi connectivity index (χ2n) is 7.11. The molecule has 2 aromatic heterocycles. The molecule has 2 heterocycles. The van der Waals surface area contributed by atoms with E-state index in [1.807, 2.05) is 49.1 Å². The van der Waals surface area contributed by atoms with Gasteiger partial charge in [0.1, 0.15) is 12.4 Å². The fourth-order valence-corrected chi connectivity index (χ4v) is 3.70. The third-order valence-electron chi connectivity index (χ3n) is 5.03. The van der Waals surface area contributed by atoms with Gasteiger partial charge in [-0.05, 0) is 56.0 Å². The first-order chi connectivity index (χ1) is 14.2. The number of carbonyl (C=O) groups is 1. The molecule has 0 aliphatic heterocycles. The van der Waals surface area contributed by atoms with E-state index in [0.29, 0.717) is 25.4 Å². The molecule has 0 radical (unpaired) electrons. The number of benzene rings is 1. The van der Waals surface area contributed by atoms with Crippen LogP contribution in [0.4, 0.5) is 5.69 Å². The van der Waals surface area contributed by atoms with Crippen LogP contribution in [-0.4, -0.2) is 40.5 Å². The van der Waals surface area contributed by atoms with Crippen LogP contribution in [0.2, 0.25) is 0 Å². The lowest BCUT2D eigenvalue weighted by Crippen LogP contribution is -2.12. The molecule has 1 amide bonds. The van der Waals surface area contributed by atoms with Crippen LogP contribution in [0.3, 0.4) is 0 Å². The highest BCUT2D eigenvalue weighted by Crippen LogP contribution is 2.34. The molecule has 0 bridgehead atoms. The van der Waals surface area contributed by atoms with Gasteiger partial charge in [0, 0.05) is 43.0 Å². The monoisotopic (exact) mass is 394 g/mol. The Labute approximate surface area is 170 Å². The van der Waals surface area contributed by atoms with Crippen LogP contribution < -0.4 is 10.1 Å². The third-order valence-corrected chi connectivity index (χ3v) is 5.03. The molecule has 7 nitrogen and oxygen atoms in total. The molecule has 1 aromatic carbocycles. The van der Waals surface area contributed by atoms with Crippen molar-refractivity contribution >= 4 is 11.6 Å². The zero-order valence-corrected chi connectivity index (χ0v) is 16.8. The summed E-state index contributed by atoms with van der Waals surface area (Å²) in [5.41, 5.74) is 5.44. The second kappa shape index (κ2) is 8.53. The Morgan fingerprint density at radius 3 is 2.86 bits per heavy atom. The van der Waals surface area contributed by atoms with Crippen molar-refractivity contribution in [3.05, 3.63) is 53.5 Å². The Hall–Kier alpha value is -3.06. The number of nitrogens with zero attached hydrogens (tertiary/aromatic N) is 2. The number of carbonyl (C=O) groups excluding carboxylic acids is 1. The van der Waals surface area contributed by atoms with Crippen LogP contribution in [0, 0.1) is 0 Å². The van der Waals surface area contributed by atoms with Gasteiger partial charge in [0.25, 0.3) is 5.91 Å². The van der Waals surface area contributed by atoms with Crippen molar-refractivity contribution in [1.29, 1.82) is 0 Å². The van der Waals surface area contributed by atoms with Crippen LogP contribution in [-0.2, 0) is 24.6 Å². The summed E-state index contributed by atoms with van der Waals surface area (Å²) in [6.45, 7) is 3.69. The molecule has 0 atom stereocenters. The van der Waals surface area contributed by atoms with Crippen molar-refractivity contribution in [3.63, 3.8) is 0 Å². The molecule has 0 unspecified atom stereocenters. The molecular formula is C22H26N4O3. The molecule has 0 saturated carbocycles. The number of hydrogen-bond donors (Lipinski definition) is 2. The van der Waals surface area contributed by atoms with E-state index < -0.39 is 0 Å². The second-order valence-corrected chi connectivity index (χ2v) is 7.11. The number of nitrogens with one attached hydrogen (secondary N) is 2. The predicted molar refractivity (Wildman–Crippen MR) is 111 cm³/mol. The smallest absolute Gasteiger partial charge is 0.257 e. The van der Waals surface area contributed by atoms with E-state index in [-0.39, 0.29) is 5.91 Å². The number of ether oxygens (including phenoxy) is 2. The van der Waals surface area contributed by atoms with Gasteiger partial charge in [-0.25, -0.2) is 0 Å². The molecule has 4 rings (SSSR count). The summed E-state index contributed by atoms with van der Waals surface area (Å²) in [5.74, 6) is 0.599. The van der Waals surface area contributed by atoms with Gasteiger partial charge in [-0.1, -0.05) is 0 Å². The zero-order valence-electron chi connectivity index (χ0n) is 16.8. The maximum Gasteiger partial charge on any atom is 0.257 e. The van der Waals surface area contributed by atoms with Crippen molar-refractivity contribution in [2.75, 3.05) is 25.1 Å². The lowest BCUT2D eigenvalue weighted by molar-refractivity contribution is 0.102. The average Bonchev–Trinajstić information content (AvgIpc) is 3.25. The minimum Gasteiger partial charge on any atom is -0.491 e. The van der Waals surface area contributed by atoms with Crippen molar-refractivity contribution in [2.24, 2.45) is 7.05 Å².